The van der Waals surface area contributed by atoms with Crippen LogP contribution in [0.1, 0.15) is 19.3 Å². The van der Waals surface area contributed by atoms with Crippen LogP contribution in [-0.2, 0) is 4.79 Å². The molecule has 1 N–H and O–H groups in total. The van der Waals surface area contributed by atoms with Crippen LogP contribution in [0.2, 0.25) is 0 Å². The van der Waals surface area contributed by atoms with E-state index in [1.54, 1.807) is 12.1 Å². The van der Waals surface area contributed by atoms with Gasteiger partial charge in [0, 0.05) is 36.6 Å². The van der Waals surface area contributed by atoms with E-state index in [4.69, 9.17) is 0 Å². The fourth-order valence-electron chi connectivity index (χ4n) is 2.23. The van der Waals surface area contributed by atoms with Crippen LogP contribution < -0.4 is 5.32 Å². The smallest absolute Gasteiger partial charge is 0.293 e. The molecule has 1 aliphatic rings. The number of nitrogens with zero attached hydrogens (tertiary/aromatic N) is 2. The van der Waals surface area contributed by atoms with E-state index in [2.05, 4.69) is 21.2 Å². The molecule has 2 rings (SSSR count). The Morgan fingerprint density at radius 3 is 2.75 bits per heavy atom. The second kappa shape index (κ2) is 6.69. The number of nitro benzene ring substituents is 1. The first-order valence-corrected chi connectivity index (χ1v) is 7.33. The quantitative estimate of drug-likeness (QED) is 0.659. The van der Waals surface area contributed by atoms with Crippen molar-refractivity contribution in [1.82, 2.24) is 4.90 Å². The number of hydrogen-bond donors (Lipinski definition) is 1. The molecule has 1 saturated heterocycles. The maximum atomic E-state index is 11.9. The second-order valence-corrected chi connectivity index (χ2v) is 5.60. The first-order chi connectivity index (χ1) is 9.58. The van der Waals surface area contributed by atoms with E-state index in [-0.39, 0.29) is 11.6 Å². The topological polar surface area (TPSA) is 75.5 Å². The third-order valence-corrected chi connectivity index (χ3v) is 3.76. The number of rotatable bonds is 5. The highest BCUT2D eigenvalue weighted by molar-refractivity contribution is 9.10. The molecule has 1 aromatic rings. The number of nitrogens with one attached hydrogen (secondary N) is 1. The lowest BCUT2D eigenvalue weighted by atomic mass is 10.2. The summed E-state index contributed by atoms with van der Waals surface area (Å²) in [6.45, 7) is 2.06. The molecule has 108 valence electrons. The molecule has 0 unspecified atom stereocenters. The minimum Gasteiger partial charge on any atom is -0.379 e. The number of amides is 1. The van der Waals surface area contributed by atoms with Gasteiger partial charge in [-0.25, -0.2) is 0 Å². The van der Waals surface area contributed by atoms with Gasteiger partial charge in [-0.05, 0) is 25.0 Å². The molecule has 0 radical (unpaired) electrons. The summed E-state index contributed by atoms with van der Waals surface area (Å²) in [6.07, 6.45) is 2.49. The van der Waals surface area contributed by atoms with Crippen molar-refractivity contribution in [1.29, 1.82) is 0 Å². The zero-order chi connectivity index (χ0) is 14.5. The lowest BCUT2D eigenvalue weighted by Gasteiger charge is -2.15. The van der Waals surface area contributed by atoms with E-state index in [0.29, 0.717) is 23.1 Å². The van der Waals surface area contributed by atoms with Gasteiger partial charge in [0.15, 0.2) is 0 Å². The molecule has 6 nitrogen and oxygen atoms in total. The number of likely N-dealkylation sites (tertiary alicyclic amines) is 1. The Morgan fingerprint density at radius 2 is 2.10 bits per heavy atom. The summed E-state index contributed by atoms with van der Waals surface area (Å²) < 4.78 is 0.655. The molecule has 1 amide bonds. The minimum absolute atomic E-state index is 0.00740. The Balaban J connectivity index is 1.90. The summed E-state index contributed by atoms with van der Waals surface area (Å²) in [5, 5.41) is 13.9. The van der Waals surface area contributed by atoms with Gasteiger partial charge in [-0.2, -0.15) is 0 Å². The Morgan fingerprint density at radius 1 is 1.40 bits per heavy atom. The van der Waals surface area contributed by atoms with Gasteiger partial charge in [0.2, 0.25) is 5.91 Å². The van der Waals surface area contributed by atoms with Gasteiger partial charge in [0.1, 0.15) is 5.69 Å². The third kappa shape index (κ3) is 3.69. The number of carbonyl (C=O) groups excluding carboxylic acids is 1. The highest BCUT2D eigenvalue weighted by Crippen LogP contribution is 2.27. The zero-order valence-electron chi connectivity index (χ0n) is 11.0. The highest BCUT2D eigenvalue weighted by Gasteiger charge is 2.18. The first kappa shape index (κ1) is 14.8. The van der Waals surface area contributed by atoms with Gasteiger partial charge in [-0.1, -0.05) is 15.9 Å². The third-order valence-electron chi connectivity index (χ3n) is 3.27. The first-order valence-electron chi connectivity index (χ1n) is 6.53. The number of carbonyl (C=O) groups is 1. The van der Waals surface area contributed by atoms with Gasteiger partial charge in [-0.3, -0.25) is 14.9 Å². The average molecular weight is 342 g/mol. The normalized spacial score (nSPS) is 14.3. The van der Waals surface area contributed by atoms with Crippen molar-refractivity contribution in [3.05, 3.63) is 32.8 Å². The summed E-state index contributed by atoms with van der Waals surface area (Å²) >= 11 is 3.21. The van der Waals surface area contributed by atoms with Crippen LogP contribution in [0.15, 0.2) is 22.7 Å². The van der Waals surface area contributed by atoms with E-state index < -0.39 is 4.92 Å². The van der Waals surface area contributed by atoms with Crippen molar-refractivity contribution in [3.63, 3.8) is 0 Å². The van der Waals surface area contributed by atoms with Gasteiger partial charge >= 0.3 is 0 Å². The molecule has 0 aromatic heterocycles. The van der Waals surface area contributed by atoms with Crippen LogP contribution in [-0.4, -0.2) is 35.4 Å². The SMILES string of the molecule is O=C(CCNc1ccc(Br)cc1[N+](=O)[O-])N1CCCC1. The van der Waals surface area contributed by atoms with E-state index in [1.165, 1.54) is 6.07 Å². The summed E-state index contributed by atoms with van der Waals surface area (Å²) in [6, 6.07) is 4.82. The van der Waals surface area contributed by atoms with E-state index in [9.17, 15) is 14.9 Å². The molecule has 1 aromatic carbocycles. The molecular weight excluding hydrogens is 326 g/mol. The van der Waals surface area contributed by atoms with Gasteiger partial charge in [0.25, 0.3) is 5.69 Å². The zero-order valence-corrected chi connectivity index (χ0v) is 12.6. The molecular formula is C13H16BrN3O3. The van der Waals surface area contributed by atoms with Crippen LogP contribution in [0.3, 0.4) is 0 Å². The second-order valence-electron chi connectivity index (χ2n) is 4.68. The fraction of sp³-hybridized carbons (Fsp3) is 0.462. The summed E-state index contributed by atoms with van der Waals surface area (Å²) in [5.74, 6) is 0.106. The largest absolute Gasteiger partial charge is 0.379 e. The maximum Gasteiger partial charge on any atom is 0.293 e. The molecule has 0 atom stereocenters. The molecule has 20 heavy (non-hydrogen) atoms. The molecule has 0 spiro atoms. The summed E-state index contributed by atoms with van der Waals surface area (Å²) in [7, 11) is 0. The number of anilines is 1. The number of benzene rings is 1. The van der Waals surface area contributed by atoms with Gasteiger partial charge in [-0.15, -0.1) is 0 Å². The number of hydrogen-bond acceptors (Lipinski definition) is 4. The standard InChI is InChI=1S/C13H16BrN3O3/c14-10-3-4-11(12(9-10)17(19)20)15-6-5-13(18)16-7-1-2-8-16/h3-4,9,15H,1-2,5-8H2. The van der Waals surface area contributed by atoms with Gasteiger partial charge < -0.3 is 10.2 Å². The molecule has 0 aliphatic carbocycles. The molecule has 0 saturated carbocycles. The van der Waals surface area contributed by atoms with Crippen LogP contribution in [0.5, 0.6) is 0 Å². The fourth-order valence-corrected chi connectivity index (χ4v) is 2.58. The van der Waals surface area contributed by atoms with Gasteiger partial charge in [0.05, 0.1) is 4.92 Å². The van der Waals surface area contributed by atoms with Crippen molar-refractivity contribution in [2.75, 3.05) is 25.0 Å². The van der Waals surface area contributed by atoms with Crippen molar-refractivity contribution in [3.8, 4) is 0 Å². The van der Waals surface area contributed by atoms with E-state index in [1.807, 2.05) is 4.90 Å². The van der Waals surface area contributed by atoms with Crippen LogP contribution in [0, 0.1) is 10.1 Å². The predicted molar refractivity (Wildman–Crippen MR) is 79.7 cm³/mol. The number of halogens is 1. The highest BCUT2D eigenvalue weighted by atomic mass is 79.9. The lowest BCUT2D eigenvalue weighted by molar-refractivity contribution is -0.384. The average Bonchev–Trinajstić information content (AvgIpc) is 2.94. The Hall–Kier alpha value is -1.63. The van der Waals surface area contributed by atoms with Crippen LogP contribution in [0.4, 0.5) is 11.4 Å². The summed E-state index contributed by atoms with van der Waals surface area (Å²) in [5.41, 5.74) is 0.445. The number of nitro groups is 1. The van der Waals surface area contributed by atoms with Crippen LogP contribution >= 0.6 is 15.9 Å². The van der Waals surface area contributed by atoms with Crippen LogP contribution in [0.25, 0.3) is 0 Å². The Kier molecular flexibility index (Phi) is 4.94. The van der Waals surface area contributed by atoms with Crippen molar-refractivity contribution >= 4 is 33.2 Å². The Labute approximate surface area is 125 Å². The predicted octanol–water partition coefficient (Wildman–Crippen LogP) is 2.78. The Bertz CT molecular complexity index is 516. The van der Waals surface area contributed by atoms with E-state index in [0.717, 1.165) is 25.9 Å². The monoisotopic (exact) mass is 341 g/mol. The van der Waals surface area contributed by atoms with E-state index >= 15 is 0 Å². The molecule has 0 bridgehead atoms. The lowest BCUT2D eigenvalue weighted by Crippen LogP contribution is -2.29. The van der Waals surface area contributed by atoms with Crippen molar-refractivity contribution in [2.24, 2.45) is 0 Å². The van der Waals surface area contributed by atoms with Crippen molar-refractivity contribution in [2.45, 2.75) is 19.3 Å². The minimum atomic E-state index is -0.435. The molecule has 1 aliphatic heterocycles. The molecule has 1 heterocycles. The summed E-state index contributed by atoms with van der Waals surface area (Å²) in [4.78, 5) is 24.2. The maximum absolute atomic E-state index is 11.9. The molecule has 1 fully saturated rings. The molecule has 7 heteroatoms. The van der Waals surface area contributed by atoms with Crippen molar-refractivity contribution < 1.29 is 9.72 Å².